The highest BCUT2D eigenvalue weighted by molar-refractivity contribution is 7.91. The average molecular weight is 359 g/mol. The van der Waals surface area contributed by atoms with E-state index in [1.165, 1.54) is 4.90 Å². The maximum atomic E-state index is 12.7. The van der Waals surface area contributed by atoms with Crippen LogP contribution in [0.5, 0.6) is 0 Å². The summed E-state index contributed by atoms with van der Waals surface area (Å²) in [6.45, 7) is 7.05. The number of nitrogens with one attached hydrogen (secondary N) is 1. The van der Waals surface area contributed by atoms with Gasteiger partial charge in [-0.1, -0.05) is 13.8 Å². The third kappa shape index (κ3) is 3.88. The molecule has 0 aliphatic carbocycles. The van der Waals surface area contributed by atoms with E-state index in [0.717, 1.165) is 4.90 Å². The molecule has 8 nitrogen and oxygen atoms in total. The topological polar surface area (TPSA) is 104 Å². The Labute approximate surface area is 142 Å². The monoisotopic (exact) mass is 359 g/mol. The molecule has 2 saturated heterocycles. The van der Waals surface area contributed by atoms with Crippen molar-refractivity contribution in [2.45, 2.75) is 45.7 Å². The lowest BCUT2D eigenvalue weighted by molar-refractivity contribution is -0.140. The van der Waals surface area contributed by atoms with Crippen LogP contribution in [0, 0.1) is 5.92 Å². The molecule has 2 aliphatic heterocycles. The van der Waals surface area contributed by atoms with E-state index in [-0.39, 0.29) is 24.0 Å². The Morgan fingerprint density at radius 1 is 1.38 bits per heavy atom. The Kier molecular flexibility index (Phi) is 4.94. The summed E-state index contributed by atoms with van der Waals surface area (Å²) in [6, 6.07) is -0.986. The van der Waals surface area contributed by atoms with Gasteiger partial charge in [0.05, 0.1) is 11.5 Å². The fourth-order valence-electron chi connectivity index (χ4n) is 3.06. The molecule has 0 unspecified atom stereocenters. The van der Waals surface area contributed by atoms with Gasteiger partial charge in [0.2, 0.25) is 5.91 Å². The second kappa shape index (κ2) is 6.34. The van der Waals surface area contributed by atoms with Gasteiger partial charge in [-0.3, -0.25) is 14.5 Å². The minimum Gasteiger partial charge on any atom is -0.337 e. The molecule has 136 valence electrons. The zero-order valence-electron chi connectivity index (χ0n) is 14.5. The first-order valence-electron chi connectivity index (χ1n) is 8.07. The van der Waals surface area contributed by atoms with Crippen LogP contribution in [0.25, 0.3) is 0 Å². The molecular formula is C15H25N3O5S. The Bertz CT molecular complexity index is 656. The first-order chi connectivity index (χ1) is 10.9. The summed E-state index contributed by atoms with van der Waals surface area (Å²) in [5, 5.41) is 2.53. The predicted octanol–water partition coefficient (Wildman–Crippen LogP) is -0.0115. The number of carbonyl (C=O) groups excluding carboxylic acids is 3. The third-order valence-corrected chi connectivity index (χ3v) is 6.02. The molecule has 0 radical (unpaired) electrons. The van der Waals surface area contributed by atoms with Gasteiger partial charge in [-0.05, 0) is 26.2 Å². The van der Waals surface area contributed by atoms with Crippen LogP contribution in [-0.2, 0) is 19.4 Å². The number of urea groups is 1. The van der Waals surface area contributed by atoms with E-state index in [1.54, 1.807) is 13.8 Å². The van der Waals surface area contributed by atoms with E-state index >= 15 is 0 Å². The smallest absolute Gasteiger partial charge is 0.325 e. The second-order valence-corrected chi connectivity index (χ2v) is 9.67. The summed E-state index contributed by atoms with van der Waals surface area (Å²) in [5.74, 6) is -0.694. The van der Waals surface area contributed by atoms with E-state index in [9.17, 15) is 22.8 Å². The molecule has 0 aromatic carbocycles. The van der Waals surface area contributed by atoms with E-state index < -0.39 is 39.3 Å². The number of imide groups is 1. The van der Waals surface area contributed by atoms with Crippen LogP contribution < -0.4 is 5.32 Å². The standard InChI is InChI=1S/C15H25N3O5S/c1-10(2)7-17(11-5-6-24(22,23)9-11)12(19)8-18-13(20)15(3,4)16-14(18)21/h10-11H,5-9H2,1-4H3,(H,16,21)/t11-/m0/s1. The number of hydrogen-bond acceptors (Lipinski definition) is 5. The van der Waals surface area contributed by atoms with Crippen molar-refractivity contribution in [3.05, 3.63) is 0 Å². The first-order valence-corrected chi connectivity index (χ1v) is 9.89. The summed E-state index contributed by atoms with van der Waals surface area (Å²) in [6.07, 6.45) is 0.395. The number of rotatable bonds is 5. The second-order valence-electron chi connectivity index (χ2n) is 7.44. The van der Waals surface area contributed by atoms with Crippen molar-refractivity contribution in [3.8, 4) is 0 Å². The molecule has 2 fully saturated rings. The number of amides is 4. The van der Waals surface area contributed by atoms with Crippen molar-refractivity contribution >= 4 is 27.7 Å². The SMILES string of the molecule is CC(C)CN(C(=O)CN1C(=O)NC(C)(C)C1=O)[C@H]1CCS(=O)(=O)C1. The van der Waals surface area contributed by atoms with Gasteiger partial charge >= 0.3 is 6.03 Å². The lowest BCUT2D eigenvalue weighted by Crippen LogP contribution is -2.49. The normalized spacial score (nSPS) is 25.2. The molecule has 24 heavy (non-hydrogen) atoms. The predicted molar refractivity (Wildman–Crippen MR) is 87.9 cm³/mol. The number of carbonyl (C=O) groups is 3. The summed E-state index contributed by atoms with van der Waals surface area (Å²) in [7, 11) is -3.13. The van der Waals surface area contributed by atoms with Gasteiger partial charge in [0.25, 0.3) is 5.91 Å². The summed E-state index contributed by atoms with van der Waals surface area (Å²) in [5.41, 5.74) is -1.03. The maximum absolute atomic E-state index is 12.7. The molecular weight excluding hydrogens is 334 g/mol. The zero-order valence-corrected chi connectivity index (χ0v) is 15.4. The van der Waals surface area contributed by atoms with Crippen LogP contribution >= 0.6 is 0 Å². The number of hydrogen-bond donors (Lipinski definition) is 1. The van der Waals surface area contributed by atoms with E-state index in [4.69, 9.17) is 0 Å². The van der Waals surface area contributed by atoms with Crippen molar-refractivity contribution < 1.29 is 22.8 Å². The van der Waals surface area contributed by atoms with Crippen LogP contribution in [0.4, 0.5) is 4.79 Å². The molecule has 0 aromatic rings. The van der Waals surface area contributed by atoms with Gasteiger partial charge in [0, 0.05) is 12.6 Å². The molecule has 9 heteroatoms. The molecule has 1 N–H and O–H groups in total. The van der Waals surface area contributed by atoms with Gasteiger partial charge < -0.3 is 10.2 Å². The first kappa shape index (κ1) is 18.7. The highest BCUT2D eigenvalue weighted by Crippen LogP contribution is 2.21. The highest BCUT2D eigenvalue weighted by Gasteiger charge is 2.46. The molecule has 1 atom stereocenters. The van der Waals surface area contributed by atoms with Gasteiger partial charge in [0.1, 0.15) is 12.1 Å². The van der Waals surface area contributed by atoms with Crippen molar-refractivity contribution in [2.24, 2.45) is 5.92 Å². The van der Waals surface area contributed by atoms with E-state index in [2.05, 4.69) is 5.32 Å². The largest absolute Gasteiger partial charge is 0.337 e. The zero-order chi connectivity index (χ0) is 18.3. The summed E-state index contributed by atoms with van der Waals surface area (Å²) < 4.78 is 23.4. The molecule has 2 aliphatic rings. The van der Waals surface area contributed by atoms with Gasteiger partial charge in [-0.2, -0.15) is 0 Å². The van der Waals surface area contributed by atoms with Crippen molar-refractivity contribution in [3.63, 3.8) is 0 Å². The van der Waals surface area contributed by atoms with E-state index in [1.807, 2.05) is 13.8 Å². The lowest BCUT2D eigenvalue weighted by Gasteiger charge is -2.31. The quantitative estimate of drug-likeness (QED) is 0.695. The molecule has 2 heterocycles. The average Bonchev–Trinajstić information content (AvgIpc) is 2.87. The van der Waals surface area contributed by atoms with Gasteiger partial charge in [-0.25, -0.2) is 13.2 Å². The van der Waals surface area contributed by atoms with Crippen molar-refractivity contribution in [1.82, 2.24) is 15.1 Å². The fourth-order valence-corrected chi connectivity index (χ4v) is 4.79. The molecule has 0 aromatic heterocycles. The number of nitrogens with zero attached hydrogens (tertiary/aromatic N) is 2. The van der Waals surface area contributed by atoms with Gasteiger partial charge in [-0.15, -0.1) is 0 Å². The molecule has 0 spiro atoms. The van der Waals surface area contributed by atoms with Crippen LogP contribution in [-0.4, -0.2) is 72.2 Å². The van der Waals surface area contributed by atoms with Crippen LogP contribution in [0.15, 0.2) is 0 Å². The fraction of sp³-hybridized carbons (Fsp3) is 0.800. The molecule has 0 bridgehead atoms. The molecule has 2 rings (SSSR count). The van der Waals surface area contributed by atoms with E-state index in [0.29, 0.717) is 13.0 Å². The van der Waals surface area contributed by atoms with Crippen LogP contribution in [0.1, 0.15) is 34.1 Å². The highest BCUT2D eigenvalue weighted by atomic mass is 32.2. The Hall–Kier alpha value is -1.64. The Morgan fingerprint density at radius 3 is 2.42 bits per heavy atom. The minimum absolute atomic E-state index is 0.0584. The third-order valence-electron chi connectivity index (χ3n) is 4.27. The maximum Gasteiger partial charge on any atom is 0.325 e. The van der Waals surface area contributed by atoms with Crippen molar-refractivity contribution in [1.29, 1.82) is 0 Å². The summed E-state index contributed by atoms with van der Waals surface area (Å²) >= 11 is 0. The summed E-state index contributed by atoms with van der Waals surface area (Å²) in [4.78, 5) is 39.3. The van der Waals surface area contributed by atoms with Crippen LogP contribution in [0.2, 0.25) is 0 Å². The number of sulfone groups is 1. The molecule has 0 saturated carbocycles. The van der Waals surface area contributed by atoms with Gasteiger partial charge in [0.15, 0.2) is 9.84 Å². The Morgan fingerprint density at radius 2 is 2.00 bits per heavy atom. The lowest BCUT2D eigenvalue weighted by atomic mass is 10.1. The van der Waals surface area contributed by atoms with Crippen LogP contribution in [0.3, 0.4) is 0 Å². The Balaban J connectivity index is 2.14. The minimum atomic E-state index is -3.13. The van der Waals surface area contributed by atoms with Crippen molar-refractivity contribution in [2.75, 3.05) is 24.6 Å². The molecule has 4 amide bonds.